The van der Waals surface area contributed by atoms with E-state index in [-0.39, 0.29) is 17.9 Å². The van der Waals surface area contributed by atoms with Crippen LogP contribution in [0.15, 0.2) is 17.5 Å². The number of aliphatic hydroxyl groups excluding tert-OH is 1. The van der Waals surface area contributed by atoms with Gasteiger partial charge in [-0.15, -0.1) is 22.7 Å². The van der Waals surface area contributed by atoms with Crippen LogP contribution in [-0.2, 0) is 0 Å². The lowest BCUT2D eigenvalue weighted by Gasteiger charge is -2.25. The van der Waals surface area contributed by atoms with E-state index in [0.717, 1.165) is 15.6 Å². The fraction of sp³-hybridized carbons (Fsp3) is 0.467. The van der Waals surface area contributed by atoms with E-state index in [1.807, 2.05) is 45.2 Å². The van der Waals surface area contributed by atoms with Crippen LogP contribution in [0, 0.1) is 12.3 Å². The number of nitrogens with zero attached hydrogens (tertiary/aromatic N) is 1. The highest BCUT2D eigenvalue weighted by Crippen LogP contribution is 2.31. The Labute approximate surface area is 132 Å². The molecule has 0 radical (unpaired) electrons. The predicted molar refractivity (Wildman–Crippen MR) is 88.0 cm³/mol. The fourth-order valence-electron chi connectivity index (χ4n) is 1.69. The summed E-state index contributed by atoms with van der Waals surface area (Å²) in [6.45, 7) is 7.90. The van der Waals surface area contributed by atoms with Gasteiger partial charge in [0.15, 0.2) is 0 Å². The predicted octanol–water partition coefficient (Wildman–Crippen LogP) is 3.32. The number of amides is 1. The Hall–Kier alpha value is -1.24. The first-order chi connectivity index (χ1) is 9.79. The second-order valence-electron chi connectivity index (χ2n) is 6.00. The van der Waals surface area contributed by atoms with Crippen molar-refractivity contribution in [2.75, 3.05) is 6.54 Å². The molecule has 2 heterocycles. The normalized spacial score (nSPS) is 13.2. The molecular weight excluding hydrogens is 304 g/mol. The fourth-order valence-corrected chi connectivity index (χ4v) is 3.47. The van der Waals surface area contributed by atoms with Gasteiger partial charge in [-0.05, 0) is 23.8 Å². The average molecular weight is 324 g/mol. The maximum Gasteiger partial charge on any atom is 0.263 e. The Morgan fingerprint density at radius 3 is 2.76 bits per heavy atom. The summed E-state index contributed by atoms with van der Waals surface area (Å²) in [6.07, 6.45) is -0.577. The van der Waals surface area contributed by atoms with Gasteiger partial charge in [0, 0.05) is 6.54 Å². The van der Waals surface area contributed by atoms with Crippen molar-refractivity contribution < 1.29 is 9.90 Å². The summed E-state index contributed by atoms with van der Waals surface area (Å²) in [5.74, 6) is -0.170. The minimum Gasteiger partial charge on any atom is -0.391 e. The molecule has 2 rings (SSSR count). The molecule has 0 aliphatic heterocycles. The van der Waals surface area contributed by atoms with Crippen molar-refractivity contribution in [1.29, 1.82) is 0 Å². The third kappa shape index (κ3) is 3.90. The molecule has 0 spiro atoms. The summed E-state index contributed by atoms with van der Waals surface area (Å²) in [4.78, 5) is 18.4. The van der Waals surface area contributed by atoms with Gasteiger partial charge in [0.2, 0.25) is 0 Å². The quantitative estimate of drug-likeness (QED) is 0.907. The number of thiophene rings is 1. The van der Waals surface area contributed by atoms with Crippen LogP contribution in [0.2, 0.25) is 0 Å². The lowest BCUT2D eigenvalue weighted by molar-refractivity contribution is 0.0588. The van der Waals surface area contributed by atoms with Gasteiger partial charge in [0.1, 0.15) is 9.88 Å². The molecule has 1 atom stereocenters. The number of rotatable bonds is 4. The molecule has 1 amide bonds. The number of hydrogen-bond donors (Lipinski definition) is 2. The Bertz CT molecular complexity index is 612. The van der Waals surface area contributed by atoms with Gasteiger partial charge in [-0.3, -0.25) is 4.79 Å². The van der Waals surface area contributed by atoms with Crippen LogP contribution < -0.4 is 5.32 Å². The number of nitrogens with one attached hydrogen (secondary N) is 1. The maximum atomic E-state index is 12.2. The average Bonchev–Trinajstić information content (AvgIpc) is 3.03. The minimum absolute atomic E-state index is 0.170. The molecule has 0 saturated heterocycles. The molecular formula is C15H20N2O2S2. The number of aromatic nitrogens is 1. The highest BCUT2D eigenvalue weighted by molar-refractivity contribution is 7.22. The van der Waals surface area contributed by atoms with E-state index in [4.69, 9.17) is 0 Å². The van der Waals surface area contributed by atoms with Crippen molar-refractivity contribution in [2.24, 2.45) is 5.41 Å². The van der Waals surface area contributed by atoms with Gasteiger partial charge in [-0.25, -0.2) is 4.98 Å². The van der Waals surface area contributed by atoms with E-state index in [0.29, 0.717) is 4.88 Å². The molecule has 0 fully saturated rings. The smallest absolute Gasteiger partial charge is 0.263 e. The number of thiazole rings is 1. The molecule has 0 saturated carbocycles. The molecule has 4 nitrogen and oxygen atoms in total. The van der Waals surface area contributed by atoms with E-state index in [9.17, 15) is 9.90 Å². The largest absolute Gasteiger partial charge is 0.391 e. The zero-order chi connectivity index (χ0) is 15.6. The summed E-state index contributed by atoms with van der Waals surface area (Å²) >= 11 is 3.00. The number of carbonyl (C=O) groups excluding carboxylic acids is 1. The van der Waals surface area contributed by atoms with Gasteiger partial charge in [0.25, 0.3) is 5.91 Å². The Balaban J connectivity index is 2.07. The van der Waals surface area contributed by atoms with E-state index >= 15 is 0 Å². The molecule has 2 aromatic heterocycles. The highest BCUT2D eigenvalue weighted by atomic mass is 32.1. The van der Waals surface area contributed by atoms with E-state index in [1.54, 1.807) is 11.3 Å². The topological polar surface area (TPSA) is 62.2 Å². The van der Waals surface area contributed by atoms with Gasteiger partial charge in [-0.2, -0.15) is 0 Å². The van der Waals surface area contributed by atoms with E-state index < -0.39 is 6.10 Å². The third-order valence-electron chi connectivity index (χ3n) is 3.19. The molecule has 0 bridgehead atoms. The van der Waals surface area contributed by atoms with Crippen molar-refractivity contribution in [1.82, 2.24) is 10.3 Å². The van der Waals surface area contributed by atoms with Crippen LogP contribution in [0.25, 0.3) is 9.88 Å². The molecule has 1 unspecified atom stereocenters. The van der Waals surface area contributed by atoms with Gasteiger partial charge < -0.3 is 10.4 Å². The third-order valence-corrected chi connectivity index (χ3v) is 5.39. The number of aliphatic hydroxyl groups is 1. The molecule has 0 aromatic carbocycles. The second-order valence-corrected chi connectivity index (χ2v) is 7.95. The van der Waals surface area contributed by atoms with Crippen molar-refractivity contribution >= 4 is 28.6 Å². The first kappa shape index (κ1) is 16.1. The molecule has 114 valence electrons. The monoisotopic (exact) mass is 324 g/mol. The zero-order valence-corrected chi connectivity index (χ0v) is 14.3. The molecule has 0 aliphatic carbocycles. The molecule has 6 heteroatoms. The summed E-state index contributed by atoms with van der Waals surface area (Å²) in [5, 5.41) is 15.6. The Kier molecular flexibility index (Phi) is 4.81. The van der Waals surface area contributed by atoms with E-state index in [2.05, 4.69) is 10.3 Å². The Morgan fingerprint density at radius 2 is 2.19 bits per heavy atom. The van der Waals surface area contributed by atoms with Gasteiger partial charge >= 0.3 is 0 Å². The zero-order valence-electron chi connectivity index (χ0n) is 12.6. The highest BCUT2D eigenvalue weighted by Gasteiger charge is 2.23. The van der Waals surface area contributed by atoms with Crippen LogP contribution in [-0.4, -0.2) is 28.6 Å². The number of carbonyl (C=O) groups is 1. The lowest BCUT2D eigenvalue weighted by atomic mass is 9.89. The summed E-state index contributed by atoms with van der Waals surface area (Å²) in [6, 6.07) is 3.96. The Morgan fingerprint density at radius 1 is 1.48 bits per heavy atom. The van der Waals surface area contributed by atoms with Gasteiger partial charge in [0.05, 0.1) is 16.7 Å². The van der Waals surface area contributed by atoms with Crippen LogP contribution in [0.5, 0.6) is 0 Å². The summed E-state index contributed by atoms with van der Waals surface area (Å²) in [7, 11) is 0. The van der Waals surface area contributed by atoms with Crippen molar-refractivity contribution in [2.45, 2.75) is 33.8 Å². The molecule has 21 heavy (non-hydrogen) atoms. The molecule has 0 aliphatic rings. The maximum absolute atomic E-state index is 12.2. The van der Waals surface area contributed by atoms with Gasteiger partial charge in [-0.1, -0.05) is 26.8 Å². The summed E-state index contributed by atoms with van der Waals surface area (Å²) in [5.41, 5.74) is 0.476. The number of hydrogen-bond acceptors (Lipinski definition) is 5. The summed E-state index contributed by atoms with van der Waals surface area (Å²) < 4.78 is 0. The first-order valence-electron chi connectivity index (χ1n) is 6.76. The molecule has 2 N–H and O–H groups in total. The van der Waals surface area contributed by atoms with Crippen LogP contribution in [0.4, 0.5) is 0 Å². The van der Waals surface area contributed by atoms with Crippen molar-refractivity contribution in [3.05, 3.63) is 28.1 Å². The first-order valence-corrected chi connectivity index (χ1v) is 8.46. The lowest BCUT2D eigenvalue weighted by Crippen LogP contribution is -2.39. The minimum atomic E-state index is -0.577. The standard InChI is InChI=1S/C15H20N2O2S2/c1-9-12(13(19)16-8-11(18)15(2,3)4)21-14(17-9)10-6-5-7-20-10/h5-7,11,18H,8H2,1-4H3,(H,16,19). The van der Waals surface area contributed by atoms with Crippen LogP contribution in [0.3, 0.4) is 0 Å². The van der Waals surface area contributed by atoms with Crippen molar-refractivity contribution in [3.8, 4) is 9.88 Å². The second kappa shape index (κ2) is 6.25. The van der Waals surface area contributed by atoms with Crippen molar-refractivity contribution in [3.63, 3.8) is 0 Å². The molecule has 2 aromatic rings. The van der Waals surface area contributed by atoms with Crippen LogP contribution >= 0.6 is 22.7 Å². The van der Waals surface area contributed by atoms with Crippen LogP contribution in [0.1, 0.15) is 36.1 Å². The SMILES string of the molecule is Cc1nc(-c2cccs2)sc1C(=O)NCC(O)C(C)(C)C. The number of aryl methyl sites for hydroxylation is 1. The van der Waals surface area contributed by atoms with E-state index in [1.165, 1.54) is 11.3 Å².